The summed E-state index contributed by atoms with van der Waals surface area (Å²) >= 11 is 0. The highest BCUT2D eigenvalue weighted by molar-refractivity contribution is 5.97. The number of hydrogen-bond acceptors (Lipinski definition) is 6. The van der Waals surface area contributed by atoms with Crippen LogP contribution < -0.4 is 10.3 Å². The van der Waals surface area contributed by atoms with Crippen LogP contribution in [0.3, 0.4) is 0 Å². The van der Waals surface area contributed by atoms with Crippen LogP contribution in [0, 0.1) is 6.92 Å². The van der Waals surface area contributed by atoms with Gasteiger partial charge in [-0.25, -0.2) is 4.79 Å². The number of esters is 1. The molecule has 8 heteroatoms. The fraction of sp³-hybridized carbons (Fsp3) is 0.278. The normalized spacial score (nSPS) is 10.8. The number of fused-ring (bicyclic) bond motifs is 1. The van der Waals surface area contributed by atoms with Crippen molar-refractivity contribution in [1.82, 2.24) is 14.6 Å². The third-order valence-electron chi connectivity index (χ3n) is 3.88. The van der Waals surface area contributed by atoms with E-state index >= 15 is 0 Å². The monoisotopic (exact) mass is 357 g/mol. The fourth-order valence-electron chi connectivity index (χ4n) is 2.67. The molecule has 0 saturated heterocycles. The minimum Gasteiger partial charge on any atom is -0.493 e. The smallest absolute Gasteiger partial charge is 0.343 e. The first-order chi connectivity index (χ1) is 12.5. The van der Waals surface area contributed by atoms with Gasteiger partial charge in [-0.05, 0) is 26.0 Å². The first-order valence-electron chi connectivity index (χ1n) is 8.21. The van der Waals surface area contributed by atoms with Gasteiger partial charge in [0.05, 0.1) is 24.5 Å². The number of aromatic hydroxyl groups is 1. The number of ether oxygens (including phenoxy) is 2. The maximum Gasteiger partial charge on any atom is 0.343 e. The van der Waals surface area contributed by atoms with E-state index in [0.29, 0.717) is 11.4 Å². The van der Waals surface area contributed by atoms with Crippen LogP contribution in [-0.2, 0) is 11.2 Å². The highest BCUT2D eigenvalue weighted by atomic mass is 16.5. The second kappa shape index (κ2) is 7.30. The molecule has 3 aromatic rings. The Hall–Kier alpha value is -3.29. The lowest BCUT2D eigenvalue weighted by molar-refractivity contribution is 0.0527. The molecule has 0 aliphatic rings. The van der Waals surface area contributed by atoms with E-state index in [4.69, 9.17) is 9.47 Å². The molecule has 0 spiro atoms. The molecule has 3 rings (SSSR count). The Kier molecular flexibility index (Phi) is 4.92. The molecule has 2 aromatic heterocycles. The second-order valence-electron chi connectivity index (χ2n) is 5.61. The third kappa shape index (κ3) is 3.26. The number of aryl methyl sites for hydroxylation is 1. The molecule has 0 fully saturated rings. The quantitative estimate of drug-likeness (QED) is 0.652. The van der Waals surface area contributed by atoms with Crippen LogP contribution in [0.15, 0.2) is 35.1 Å². The SMILES string of the molecule is CCOC(=O)c1c(C)nn2c(O)c(CCOc3ccccc3)c(=O)[nH]c12. The van der Waals surface area contributed by atoms with Crippen molar-refractivity contribution in [2.75, 3.05) is 13.2 Å². The van der Waals surface area contributed by atoms with Gasteiger partial charge < -0.3 is 19.6 Å². The van der Waals surface area contributed by atoms with Crippen LogP contribution >= 0.6 is 0 Å². The summed E-state index contributed by atoms with van der Waals surface area (Å²) in [6, 6.07) is 9.16. The number of aromatic amines is 1. The predicted octanol–water partition coefficient (Wildman–Crippen LogP) is 1.83. The minimum absolute atomic E-state index is 0.108. The van der Waals surface area contributed by atoms with Crippen molar-refractivity contribution in [2.45, 2.75) is 20.3 Å². The Morgan fingerprint density at radius 1 is 1.31 bits per heavy atom. The zero-order chi connectivity index (χ0) is 18.7. The molecule has 0 saturated carbocycles. The summed E-state index contributed by atoms with van der Waals surface area (Å²) in [5.41, 5.74) is 0.220. The zero-order valence-corrected chi connectivity index (χ0v) is 14.5. The van der Waals surface area contributed by atoms with Crippen LogP contribution in [0.2, 0.25) is 0 Å². The molecule has 8 nitrogen and oxygen atoms in total. The van der Waals surface area contributed by atoms with Crippen molar-refractivity contribution in [3.8, 4) is 11.6 Å². The van der Waals surface area contributed by atoms with Crippen molar-refractivity contribution in [3.63, 3.8) is 0 Å². The second-order valence-corrected chi connectivity index (χ2v) is 5.61. The molecular formula is C18H19N3O5. The number of carbonyl (C=O) groups is 1. The molecule has 2 heterocycles. The van der Waals surface area contributed by atoms with E-state index in [1.807, 2.05) is 18.2 Å². The van der Waals surface area contributed by atoms with Gasteiger partial charge in [0.25, 0.3) is 5.56 Å². The van der Waals surface area contributed by atoms with Crippen LogP contribution in [0.4, 0.5) is 0 Å². The average molecular weight is 357 g/mol. The van der Waals surface area contributed by atoms with Gasteiger partial charge in [-0.15, -0.1) is 0 Å². The summed E-state index contributed by atoms with van der Waals surface area (Å²) in [7, 11) is 0. The van der Waals surface area contributed by atoms with Gasteiger partial charge in [-0.3, -0.25) is 4.79 Å². The number of nitrogens with zero attached hydrogens (tertiary/aromatic N) is 2. The lowest BCUT2D eigenvalue weighted by Gasteiger charge is -2.08. The summed E-state index contributed by atoms with van der Waals surface area (Å²) in [6.45, 7) is 3.69. The molecule has 0 aliphatic heterocycles. The molecule has 0 unspecified atom stereocenters. The summed E-state index contributed by atoms with van der Waals surface area (Å²) in [6.07, 6.45) is 0.180. The van der Waals surface area contributed by atoms with Gasteiger partial charge in [0, 0.05) is 6.42 Å². The third-order valence-corrected chi connectivity index (χ3v) is 3.88. The number of para-hydroxylation sites is 1. The topological polar surface area (TPSA) is 106 Å². The number of nitrogens with one attached hydrogen (secondary N) is 1. The lowest BCUT2D eigenvalue weighted by atomic mass is 10.2. The van der Waals surface area contributed by atoms with E-state index in [0.717, 1.165) is 4.52 Å². The molecule has 2 N–H and O–H groups in total. The van der Waals surface area contributed by atoms with E-state index in [1.54, 1.807) is 26.0 Å². The number of H-pyrrole nitrogens is 1. The Morgan fingerprint density at radius 2 is 2.04 bits per heavy atom. The number of aromatic nitrogens is 3. The molecule has 0 amide bonds. The van der Waals surface area contributed by atoms with E-state index in [1.165, 1.54) is 0 Å². The van der Waals surface area contributed by atoms with Crippen molar-refractivity contribution in [1.29, 1.82) is 0 Å². The molecule has 0 aliphatic carbocycles. The number of benzene rings is 1. The largest absolute Gasteiger partial charge is 0.493 e. The number of rotatable bonds is 6. The molecule has 26 heavy (non-hydrogen) atoms. The Morgan fingerprint density at radius 3 is 2.73 bits per heavy atom. The van der Waals surface area contributed by atoms with Gasteiger partial charge >= 0.3 is 5.97 Å². The molecule has 136 valence electrons. The Labute approximate surface area is 149 Å². The summed E-state index contributed by atoms with van der Waals surface area (Å²) in [5.74, 6) is -0.252. The summed E-state index contributed by atoms with van der Waals surface area (Å²) in [4.78, 5) is 27.1. The van der Waals surface area contributed by atoms with Crippen LogP contribution in [0.1, 0.15) is 28.5 Å². The molecular weight excluding hydrogens is 338 g/mol. The van der Waals surface area contributed by atoms with Gasteiger partial charge in [0.2, 0.25) is 5.88 Å². The first-order valence-corrected chi connectivity index (χ1v) is 8.21. The lowest BCUT2D eigenvalue weighted by Crippen LogP contribution is -2.19. The summed E-state index contributed by atoms with van der Waals surface area (Å²) in [5, 5.41) is 14.6. The number of hydrogen-bond donors (Lipinski definition) is 2. The summed E-state index contributed by atoms with van der Waals surface area (Å²) < 4.78 is 11.7. The molecule has 0 radical (unpaired) electrons. The van der Waals surface area contributed by atoms with Gasteiger partial charge in [-0.1, -0.05) is 18.2 Å². The molecule has 0 bridgehead atoms. The number of carbonyl (C=O) groups excluding carboxylic acids is 1. The maximum absolute atomic E-state index is 12.4. The van der Waals surface area contributed by atoms with Crippen LogP contribution in [0.25, 0.3) is 5.65 Å². The van der Waals surface area contributed by atoms with Crippen molar-refractivity contribution in [3.05, 3.63) is 57.5 Å². The zero-order valence-electron chi connectivity index (χ0n) is 14.5. The van der Waals surface area contributed by atoms with E-state index < -0.39 is 11.5 Å². The Bertz CT molecular complexity index is 991. The van der Waals surface area contributed by atoms with Crippen LogP contribution in [0.5, 0.6) is 11.6 Å². The van der Waals surface area contributed by atoms with Gasteiger partial charge in [0.1, 0.15) is 11.3 Å². The Balaban J connectivity index is 1.90. The molecule has 0 atom stereocenters. The highest BCUT2D eigenvalue weighted by Gasteiger charge is 2.23. The van der Waals surface area contributed by atoms with E-state index in [-0.39, 0.29) is 42.3 Å². The minimum atomic E-state index is -0.602. The standard InChI is InChI=1S/C18H19N3O5/c1-3-25-18(24)14-11(2)20-21-15(14)19-16(22)13(17(21)23)9-10-26-12-7-5-4-6-8-12/h4-8,23H,3,9-10H2,1-2H3,(H,19,22). The van der Waals surface area contributed by atoms with Gasteiger partial charge in [0.15, 0.2) is 5.65 Å². The first kappa shape index (κ1) is 17.5. The van der Waals surface area contributed by atoms with E-state index in [9.17, 15) is 14.7 Å². The molecule has 1 aromatic carbocycles. The highest BCUT2D eigenvalue weighted by Crippen LogP contribution is 2.21. The van der Waals surface area contributed by atoms with Crippen LogP contribution in [-0.4, -0.2) is 38.9 Å². The predicted molar refractivity (Wildman–Crippen MR) is 93.8 cm³/mol. The average Bonchev–Trinajstić information content (AvgIpc) is 2.95. The van der Waals surface area contributed by atoms with Crippen molar-refractivity contribution in [2.24, 2.45) is 0 Å². The van der Waals surface area contributed by atoms with Crippen molar-refractivity contribution < 1.29 is 19.4 Å². The van der Waals surface area contributed by atoms with Crippen molar-refractivity contribution >= 4 is 11.6 Å². The van der Waals surface area contributed by atoms with Gasteiger partial charge in [-0.2, -0.15) is 9.61 Å². The fourth-order valence-corrected chi connectivity index (χ4v) is 2.67. The van der Waals surface area contributed by atoms with E-state index in [2.05, 4.69) is 10.1 Å². The maximum atomic E-state index is 12.4.